The Morgan fingerprint density at radius 1 is 1.36 bits per heavy atom. The highest BCUT2D eigenvalue weighted by molar-refractivity contribution is 8.01. The Morgan fingerprint density at radius 2 is 2.09 bits per heavy atom. The SMILES string of the molecule is CCC(C)(O/N=C(\C(=O)NC1C(=O)N2C(C(=O)[O-])=C(CSc3nc(N)c(C)c4n3nc[n+]4C)CS[C@H]12)c1csc(N)n1)C(=O)O. The predicted octanol–water partition coefficient (Wildman–Crippen LogP) is -1.35. The van der Waals surface area contributed by atoms with E-state index in [0.717, 1.165) is 27.4 Å². The van der Waals surface area contributed by atoms with Gasteiger partial charge in [-0.25, -0.2) is 14.3 Å². The van der Waals surface area contributed by atoms with Gasteiger partial charge in [0.1, 0.15) is 22.9 Å². The van der Waals surface area contributed by atoms with Crippen molar-refractivity contribution in [2.45, 2.75) is 49.4 Å². The minimum atomic E-state index is -1.74. The van der Waals surface area contributed by atoms with Crippen molar-refractivity contribution >= 4 is 80.9 Å². The van der Waals surface area contributed by atoms with Crippen LogP contribution < -0.4 is 26.5 Å². The fraction of sp³-hybridized carbons (Fsp3) is 0.400. The second-order valence-corrected chi connectivity index (χ2v) is 13.2. The van der Waals surface area contributed by atoms with E-state index in [1.54, 1.807) is 22.3 Å². The number of amides is 2. The molecule has 20 heteroatoms. The van der Waals surface area contributed by atoms with Crippen LogP contribution >= 0.6 is 34.9 Å². The van der Waals surface area contributed by atoms with Crippen LogP contribution in [0, 0.1) is 6.92 Å². The van der Waals surface area contributed by atoms with Crippen LogP contribution in [0.2, 0.25) is 0 Å². The molecule has 1 saturated heterocycles. The number of β-lactam (4-membered cyclic amide) rings is 1. The Morgan fingerprint density at radius 3 is 2.71 bits per heavy atom. The molecule has 2 aliphatic heterocycles. The summed E-state index contributed by atoms with van der Waals surface area (Å²) < 4.78 is 3.39. The number of thioether (sulfide) groups is 2. The number of hydrogen-bond acceptors (Lipinski definition) is 15. The molecule has 2 amide bonds. The average Bonchev–Trinajstić information content (AvgIpc) is 3.61. The Hall–Kier alpha value is -4.43. The van der Waals surface area contributed by atoms with Crippen LogP contribution in [0.5, 0.6) is 0 Å². The molecule has 0 spiro atoms. The fourth-order valence-corrected chi connectivity index (χ4v) is 7.52. The molecule has 0 bridgehead atoms. The number of aryl methyl sites for hydroxylation is 2. The number of carbonyl (C=O) groups is 4. The first-order valence-electron chi connectivity index (χ1n) is 13.3. The molecule has 238 valence electrons. The monoisotopic (exact) mass is 676 g/mol. The van der Waals surface area contributed by atoms with Crippen molar-refractivity contribution < 1.29 is 38.8 Å². The predicted molar refractivity (Wildman–Crippen MR) is 162 cm³/mol. The van der Waals surface area contributed by atoms with Crippen LogP contribution in [0.25, 0.3) is 5.65 Å². The van der Waals surface area contributed by atoms with Crippen molar-refractivity contribution in [3.8, 4) is 0 Å². The molecule has 3 aromatic rings. The molecule has 0 radical (unpaired) electrons. The Balaban J connectivity index is 1.36. The van der Waals surface area contributed by atoms with E-state index in [-0.39, 0.29) is 34.4 Å². The van der Waals surface area contributed by atoms with Gasteiger partial charge in [0.2, 0.25) is 5.60 Å². The summed E-state index contributed by atoms with van der Waals surface area (Å²) in [6.07, 6.45) is 1.64. The lowest BCUT2D eigenvalue weighted by Gasteiger charge is -2.50. The minimum absolute atomic E-state index is 0.0126. The largest absolute Gasteiger partial charge is 0.543 e. The van der Waals surface area contributed by atoms with Gasteiger partial charge in [-0.3, -0.25) is 14.5 Å². The zero-order valence-electron chi connectivity index (χ0n) is 24.3. The lowest BCUT2D eigenvalue weighted by molar-refractivity contribution is -0.646. The Bertz CT molecular complexity index is 1800. The fourth-order valence-electron chi connectivity index (χ4n) is 4.54. The molecule has 17 nitrogen and oxygen atoms in total. The topological polar surface area (TPSA) is 247 Å². The van der Waals surface area contributed by atoms with E-state index in [1.807, 2.05) is 14.0 Å². The summed E-state index contributed by atoms with van der Waals surface area (Å²) in [6.45, 7) is 4.69. The number of fused-ring (bicyclic) bond motifs is 2. The normalized spacial score (nSPS) is 19.6. The van der Waals surface area contributed by atoms with E-state index in [4.69, 9.17) is 16.3 Å². The van der Waals surface area contributed by atoms with Gasteiger partial charge < -0.3 is 36.6 Å². The highest BCUT2D eigenvalue weighted by atomic mass is 32.2. The van der Waals surface area contributed by atoms with Crippen molar-refractivity contribution in [2.24, 2.45) is 12.2 Å². The molecule has 5 rings (SSSR count). The van der Waals surface area contributed by atoms with Gasteiger partial charge in [-0.15, -0.1) is 23.1 Å². The maximum atomic E-state index is 13.4. The minimum Gasteiger partial charge on any atom is -0.543 e. The first-order valence-corrected chi connectivity index (χ1v) is 16.2. The third-order valence-electron chi connectivity index (χ3n) is 7.34. The smallest absolute Gasteiger partial charge is 0.350 e. The van der Waals surface area contributed by atoms with Gasteiger partial charge in [-0.05, 0) is 30.4 Å². The first-order chi connectivity index (χ1) is 21.3. The number of nitrogens with two attached hydrogens (primary N) is 2. The maximum Gasteiger partial charge on any atom is 0.350 e. The van der Waals surface area contributed by atoms with E-state index in [0.29, 0.717) is 16.5 Å². The zero-order valence-corrected chi connectivity index (χ0v) is 26.8. The first kappa shape index (κ1) is 32.0. The summed E-state index contributed by atoms with van der Waals surface area (Å²) in [5.41, 5.74) is 11.3. The third kappa shape index (κ3) is 5.75. The summed E-state index contributed by atoms with van der Waals surface area (Å²) in [4.78, 5) is 65.4. The van der Waals surface area contributed by atoms with Gasteiger partial charge in [-0.1, -0.05) is 23.8 Å². The number of aliphatic carboxylic acids is 2. The number of anilines is 2. The molecular weight excluding hydrogens is 649 g/mol. The lowest BCUT2D eigenvalue weighted by atomic mass is 10.0. The highest BCUT2D eigenvalue weighted by Crippen LogP contribution is 2.41. The lowest BCUT2D eigenvalue weighted by Crippen LogP contribution is -2.71. The van der Waals surface area contributed by atoms with Crippen LogP contribution in [0.1, 0.15) is 31.5 Å². The molecule has 0 aliphatic carbocycles. The van der Waals surface area contributed by atoms with Crippen LogP contribution in [-0.4, -0.2) is 87.6 Å². The van der Waals surface area contributed by atoms with Crippen LogP contribution in [-0.2, 0) is 31.1 Å². The molecule has 6 N–H and O–H groups in total. The number of nitrogen functional groups attached to an aromatic ring is 2. The third-order valence-corrected chi connectivity index (χ3v) is 10.4. The number of oxime groups is 1. The maximum absolute atomic E-state index is 13.4. The van der Waals surface area contributed by atoms with E-state index in [1.165, 1.54) is 35.8 Å². The van der Waals surface area contributed by atoms with E-state index < -0.39 is 46.5 Å². The second-order valence-electron chi connectivity index (χ2n) is 10.3. The van der Waals surface area contributed by atoms with Crippen molar-refractivity contribution in [3.63, 3.8) is 0 Å². The standard InChI is InChI=1S/C25H28N10O7S3/c1-5-25(3,22(40)41)42-32-13(12-8-44-23(27)29-12)17(36)30-14-19(37)34-15(21(38)39)11(6-43-20(14)34)7-45-24-31-16(26)10(2)18-33(4)9-28-35(18)24/h8-9,14,20,26H,5-7H2,1-4H3,(H5,27,29,30,36,38,39,40,41)/b32-13-/t14?,20-,25?/m1/s1. The molecule has 1 fully saturated rings. The molecule has 3 aromatic heterocycles. The molecule has 3 atom stereocenters. The number of nitrogens with zero attached hydrogens (tertiary/aromatic N) is 7. The number of rotatable bonds is 11. The second kappa shape index (κ2) is 12.2. The number of aromatic nitrogens is 5. The van der Waals surface area contributed by atoms with Crippen molar-refractivity contribution in [1.29, 1.82) is 0 Å². The average molecular weight is 677 g/mol. The van der Waals surface area contributed by atoms with Crippen molar-refractivity contribution in [3.05, 3.63) is 34.2 Å². The molecular formula is C25H28N10O7S3. The Labute approximate surface area is 267 Å². The van der Waals surface area contributed by atoms with Gasteiger partial charge in [0.05, 0.1) is 24.3 Å². The summed E-state index contributed by atoms with van der Waals surface area (Å²) in [5, 5.41) is 33.7. The molecule has 0 aromatic carbocycles. The highest BCUT2D eigenvalue weighted by Gasteiger charge is 2.53. The summed E-state index contributed by atoms with van der Waals surface area (Å²) in [7, 11) is 1.81. The summed E-state index contributed by atoms with van der Waals surface area (Å²) in [5.74, 6) is -3.73. The van der Waals surface area contributed by atoms with E-state index >= 15 is 0 Å². The number of carboxylic acid groups (broad SMARTS) is 2. The van der Waals surface area contributed by atoms with Gasteiger partial charge in [-0.2, -0.15) is 4.98 Å². The summed E-state index contributed by atoms with van der Waals surface area (Å²) >= 11 is 3.48. The van der Waals surface area contributed by atoms with Crippen LogP contribution in [0.3, 0.4) is 0 Å². The number of carbonyl (C=O) groups excluding carboxylic acids is 3. The number of thiazole rings is 1. The molecule has 2 unspecified atom stereocenters. The van der Waals surface area contributed by atoms with E-state index in [2.05, 4.69) is 25.5 Å². The Kier molecular flexibility index (Phi) is 8.64. The number of nitrogens with one attached hydrogen (secondary N) is 1. The van der Waals surface area contributed by atoms with Gasteiger partial charge in [0.15, 0.2) is 10.8 Å². The van der Waals surface area contributed by atoms with Gasteiger partial charge >= 0.3 is 5.97 Å². The quantitative estimate of drug-likeness (QED) is 0.0458. The van der Waals surface area contributed by atoms with Crippen molar-refractivity contribution in [2.75, 3.05) is 23.0 Å². The molecule has 0 saturated carbocycles. The van der Waals surface area contributed by atoms with E-state index in [9.17, 15) is 29.4 Å². The molecule has 2 aliphatic rings. The zero-order chi connectivity index (χ0) is 32.8. The molecule has 45 heavy (non-hydrogen) atoms. The number of hydrogen-bond donors (Lipinski definition) is 4. The van der Waals surface area contributed by atoms with Gasteiger partial charge in [0.25, 0.3) is 28.9 Å². The van der Waals surface area contributed by atoms with Crippen molar-refractivity contribution in [1.82, 2.24) is 29.8 Å². The number of carboxylic acids is 2. The molecule has 5 heterocycles. The summed E-state index contributed by atoms with van der Waals surface area (Å²) in [6, 6.07) is -1.12. The van der Waals surface area contributed by atoms with Gasteiger partial charge in [0, 0.05) is 22.0 Å². The van der Waals surface area contributed by atoms with Crippen LogP contribution in [0.15, 0.2) is 33.3 Å². The van der Waals surface area contributed by atoms with Crippen LogP contribution in [0.4, 0.5) is 10.9 Å².